The van der Waals surface area contributed by atoms with Crippen LogP contribution in [-0.2, 0) is 9.57 Å². The standard InChI is InChI=1S/C24H24F2N2O5/c25-23(26)32-20-7-6-17(19-13-24(33-27-19)9-11-30-15-24)12-21(20)31-18-8-10-28(14-18)22(29)16-4-2-1-3-5-16/h1-7,12,18,23H,8-11,13-15H2/t18-,24?/m0/s1. The number of benzene rings is 2. The molecule has 9 heteroatoms. The number of ether oxygens (including phenoxy) is 3. The van der Waals surface area contributed by atoms with Crippen molar-refractivity contribution >= 4 is 11.6 Å². The summed E-state index contributed by atoms with van der Waals surface area (Å²) < 4.78 is 42.2. The summed E-state index contributed by atoms with van der Waals surface area (Å²) in [6, 6.07) is 13.8. The second-order valence-electron chi connectivity index (χ2n) is 8.48. The van der Waals surface area contributed by atoms with E-state index in [2.05, 4.69) is 9.89 Å². The van der Waals surface area contributed by atoms with Gasteiger partial charge in [-0.3, -0.25) is 4.79 Å². The monoisotopic (exact) mass is 458 g/mol. The molecule has 5 rings (SSSR count). The Kier molecular flexibility index (Phi) is 5.88. The third-order valence-corrected chi connectivity index (χ3v) is 6.15. The summed E-state index contributed by atoms with van der Waals surface area (Å²) in [6.07, 6.45) is 1.57. The molecule has 0 aliphatic carbocycles. The second kappa shape index (κ2) is 8.97. The molecule has 0 saturated carbocycles. The minimum Gasteiger partial charge on any atom is -0.485 e. The van der Waals surface area contributed by atoms with Gasteiger partial charge in [0.1, 0.15) is 6.10 Å². The highest BCUT2D eigenvalue weighted by molar-refractivity contribution is 6.02. The van der Waals surface area contributed by atoms with Crippen LogP contribution in [0, 0.1) is 0 Å². The van der Waals surface area contributed by atoms with E-state index >= 15 is 0 Å². The number of likely N-dealkylation sites (tertiary alicyclic amines) is 1. The largest absolute Gasteiger partial charge is 0.485 e. The van der Waals surface area contributed by atoms with Crippen molar-refractivity contribution in [1.29, 1.82) is 0 Å². The number of carbonyl (C=O) groups is 1. The van der Waals surface area contributed by atoms with Crippen LogP contribution in [0.15, 0.2) is 53.7 Å². The number of alkyl halides is 2. The first-order chi connectivity index (χ1) is 16.0. The normalized spacial score (nSPS) is 24.3. The molecule has 0 bridgehead atoms. The molecule has 3 aliphatic heterocycles. The average molecular weight is 458 g/mol. The zero-order chi connectivity index (χ0) is 22.8. The Morgan fingerprint density at radius 2 is 2.03 bits per heavy atom. The summed E-state index contributed by atoms with van der Waals surface area (Å²) in [5, 5.41) is 4.21. The molecule has 2 saturated heterocycles. The maximum Gasteiger partial charge on any atom is 0.387 e. The number of nitrogens with zero attached hydrogens (tertiary/aromatic N) is 2. The molecule has 0 radical (unpaired) electrons. The van der Waals surface area contributed by atoms with Gasteiger partial charge in [-0.25, -0.2) is 0 Å². The van der Waals surface area contributed by atoms with Crippen LogP contribution in [0.5, 0.6) is 11.5 Å². The van der Waals surface area contributed by atoms with Crippen molar-refractivity contribution in [3.05, 3.63) is 59.7 Å². The number of halogens is 2. The van der Waals surface area contributed by atoms with Crippen LogP contribution in [0.25, 0.3) is 0 Å². The fraction of sp³-hybridized carbons (Fsp3) is 0.417. The minimum atomic E-state index is -2.98. The number of oxime groups is 1. The van der Waals surface area contributed by atoms with E-state index < -0.39 is 12.2 Å². The van der Waals surface area contributed by atoms with Crippen LogP contribution in [0.1, 0.15) is 35.2 Å². The Balaban J connectivity index is 1.31. The maximum atomic E-state index is 13.0. The van der Waals surface area contributed by atoms with Gasteiger partial charge in [-0.05, 0) is 30.3 Å². The van der Waals surface area contributed by atoms with Gasteiger partial charge in [0.05, 0.1) is 25.5 Å². The summed E-state index contributed by atoms with van der Waals surface area (Å²) in [7, 11) is 0. The first-order valence-electron chi connectivity index (χ1n) is 10.9. The average Bonchev–Trinajstić information content (AvgIpc) is 3.57. The highest BCUT2D eigenvalue weighted by Crippen LogP contribution is 2.37. The van der Waals surface area contributed by atoms with Gasteiger partial charge in [0.2, 0.25) is 0 Å². The van der Waals surface area contributed by atoms with Crippen LogP contribution in [-0.4, -0.2) is 61.1 Å². The zero-order valence-electron chi connectivity index (χ0n) is 17.9. The Labute approximate surface area is 189 Å². The van der Waals surface area contributed by atoms with E-state index in [0.717, 1.165) is 6.42 Å². The van der Waals surface area contributed by atoms with Crippen molar-refractivity contribution in [1.82, 2.24) is 4.90 Å². The molecule has 2 atom stereocenters. The Morgan fingerprint density at radius 3 is 2.79 bits per heavy atom. The molecule has 1 unspecified atom stereocenters. The first-order valence-corrected chi connectivity index (χ1v) is 10.9. The SMILES string of the molecule is O=C(c1ccccc1)N1CC[C@H](Oc2cc(C3=NOC4(CCOC4)C3)ccc2OC(F)F)C1. The molecule has 33 heavy (non-hydrogen) atoms. The third-order valence-electron chi connectivity index (χ3n) is 6.15. The molecule has 174 valence electrons. The summed E-state index contributed by atoms with van der Waals surface area (Å²) in [6.45, 7) is -1.01. The van der Waals surface area contributed by atoms with Crippen LogP contribution < -0.4 is 9.47 Å². The van der Waals surface area contributed by atoms with Gasteiger partial charge in [-0.1, -0.05) is 23.4 Å². The van der Waals surface area contributed by atoms with Crippen molar-refractivity contribution in [3.63, 3.8) is 0 Å². The first kappa shape index (κ1) is 21.6. The molecule has 3 aliphatic rings. The Bertz CT molecular complexity index is 1040. The fourth-order valence-corrected chi connectivity index (χ4v) is 4.40. The third kappa shape index (κ3) is 4.64. The van der Waals surface area contributed by atoms with Gasteiger partial charge >= 0.3 is 6.61 Å². The maximum absolute atomic E-state index is 13.0. The molecule has 2 aromatic carbocycles. The van der Waals surface area contributed by atoms with E-state index in [4.69, 9.17) is 14.3 Å². The molecule has 2 fully saturated rings. The lowest BCUT2D eigenvalue weighted by Crippen LogP contribution is -2.31. The number of amides is 1. The number of hydrogen-bond donors (Lipinski definition) is 0. The van der Waals surface area contributed by atoms with Crippen LogP contribution in [0.2, 0.25) is 0 Å². The summed E-state index contributed by atoms with van der Waals surface area (Å²) >= 11 is 0. The lowest BCUT2D eigenvalue weighted by Gasteiger charge is -2.20. The van der Waals surface area contributed by atoms with Gasteiger partial charge in [0, 0.05) is 36.9 Å². The molecule has 3 heterocycles. The predicted molar refractivity (Wildman–Crippen MR) is 115 cm³/mol. The van der Waals surface area contributed by atoms with Crippen molar-refractivity contribution in [2.24, 2.45) is 5.16 Å². The Hall–Kier alpha value is -3.20. The van der Waals surface area contributed by atoms with Crippen LogP contribution >= 0.6 is 0 Å². The predicted octanol–water partition coefficient (Wildman–Crippen LogP) is 3.87. The van der Waals surface area contributed by atoms with E-state index in [-0.39, 0.29) is 23.5 Å². The molecular formula is C24H24F2N2O5. The summed E-state index contributed by atoms with van der Waals surface area (Å²) in [5.74, 6) is 0.0548. The fourth-order valence-electron chi connectivity index (χ4n) is 4.40. The van der Waals surface area contributed by atoms with E-state index in [9.17, 15) is 13.6 Å². The highest BCUT2D eigenvalue weighted by Gasteiger charge is 2.43. The van der Waals surface area contributed by atoms with Gasteiger partial charge in [-0.2, -0.15) is 8.78 Å². The molecular weight excluding hydrogens is 434 g/mol. The summed E-state index contributed by atoms with van der Waals surface area (Å²) in [4.78, 5) is 20.1. The van der Waals surface area contributed by atoms with Crippen molar-refractivity contribution in [3.8, 4) is 11.5 Å². The molecule has 2 aromatic rings. The van der Waals surface area contributed by atoms with E-state index in [1.54, 1.807) is 29.2 Å². The number of rotatable bonds is 6. The van der Waals surface area contributed by atoms with Gasteiger partial charge in [-0.15, -0.1) is 0 Å². The van der Waals surface area contributed by atoms with Crippen molar-refractivity contribution in [2.75, 3.05) is 26.3 Å². The molecule has 0 N–H and O–H groups in total. The minimum absolute atomic E-state index is 0.0555. The topological polar surface area (TPSA) is 69.6 Å². The molecule has 1 amide bonds. The zero-order valence-corrected chi connectivity index (χ0v) is 17.9. The second-order valence-corrected chi connectivity index (χ2v) is 8.48. The van der Waals surface area contributed by atoms with Crippen LogP contribution in [0.4, 0.5) is 8.78 Å². The molecule has 1 spiro atoms. The lowest BCUT2D eigenvalue weighted by molar-refractivity contribution is -0.0520. The summed E-state index contributed by atoms with van der Waals surface area (Å²) in [5.41, 5.74) is 1.58. The van der Waals surface area contributed by atoms with Crippen molar-refractivity contribution < 1.29 is 32.6 Å². The van der Waals surface area contributed by atoms with E-state index in [1.165, 1.54) is 6.07 Å². The smallest absolute Gasteiger partial charge is 0.387 e. The van der Waals surface area contributed by atoms with Gasteiger partial charge in [0.25, 0.3) is 5.91 Å². The molecule has 7 nitrogen and oxygen atoms in total. The van der Waals surface area contributed by atoms with Gasteiger partial charge < -0.3 is 23.9 Å². The van der Waals surface area contributed by atoms with Gasteiger partial charge in [0.15, 0.2) is 17.1 Å². The van der Waals surface area contributed by atoms with Crippen LogP contribution in [0.3, 0.4) is 0 Å². The Morgan fingerprint density at radius 1 is 1.18 bits per heavy atom. The highest BCUT2D eigenvalue weighted by atomic mass is 19.3. The van der Waals surface area contributed by atoms with E-state index in [1.807, 2.05) is 18.2 Å². The molecule has 0 aromatic heterocycles. The number of hydrogen-bond acceptors (Lipinski definition) is 6. The quantitative estimate of drug-likeness (QED) is 0.658. The lowest BCUT2D eigenvalue weighted by atomic mass is 9.93. The van der Waals surface area contributed by atoms with Crippen molar-refractivity contribution in [2.45, 2.75) is 37.6 Å². The number of carbonyl (C=O) groups excluding carboxylic acids is 1. The van der Waals surface area contributed by atoms with E-state index in [0.29, 0.717) is 56.0 Å².